The second-order valence-electron chi connectivity index (χ2n) is 6.38. The first-order valence-electron chi connectivity index (χ1n) is 8.42. The maximum Gasteiger partial charge on any atom is 0.254 e. The number of anilines is 1. The van der Waals surface area contributed by atoms with Gasteiger partial charge in [-0.05, 0) is 42.7 Å². The van der Waals surface area contributed by atoms with Crippen molar-refractivity contribution in [2.24, 2.45) is 5.92 Å². The Morgan fingerprint density at radius 3 is 3.00 bits per heavy atom. The van der Waals surface area contributed by atoms with Gasteiger partial charge in [-0.2, -0.15) is 0 Å². The van der Waals surface area contributed by atoms with Crippen LogP contribution < -0.4 is 5.32 Å². The molecule has 6 heteroatoms. The number of pyridine rings is 1. The van der Waals surface area contributed by atoms with Gasteiger partial charge in [0.1, 0.15) is 11.6 Å². The molecule has 132 valence electrons. The minimum absolute atomic E-state index is 0.0740. The Balaban J connectivity index is 1.72. The van der Waals surface area contributed by atoms with E-state index in [-0.39, 0.29) is 17.6 Å². The lowest BCUT2D eigenvalue weighted by atomic mass is 9.88. The number of carbonyl (C=O) groups is 1. The maximum absolute atomic E-state index is 13.4. The molecule has 25 heavy (non-hydrogen) atoms. The molecule has 2 aromatic rings. The van der Waals surface area contributed by atoms with Gasteiger partial charge in [0.2, 0.25) is 0 Å². The fourth-order valence-corrected chi connectivity index (χ4v) is 3.25. The molecule has 3 rings (SSSR count). The van der Waals surface area contributed by atoms with Gasteiger partial charge >= 0.3 is 0 Å². The van der Waals surface area contributed by atoms with Crippen LogP contribution in [0.4, 0.5) is 10.2 Å². The second-order valence-corrected chi connectivity index (χ2v) is 6.38. The summed E-state index contributed by atoms with van der Waals surface area (Å²) in [7, 11) is 1.75. The minimum Gasteiger partial charge on any atom is -0.393 e. The van der Waals surface area contributed by atoms with Gasteiger partial charge in [-0.15, -0.1) is 0 Å². The van der Waals surface area contributed by atoms with E-state index in [0.717, 1.165) is 5.56 Å². The molecule has 0 unspecified atom stereocenters. The Kier molecular flexibility index (Phi) is 5.28. The zero-order valence-electron chi connectivity index (χ0n) is 14.2. The number of aliphatic hydroxyl groups excluding tert-OH is 1. The van der Waals surface area contributed by atoms with Crippen LogP contribution in [0.15, 0.2) is 42.6 Å². The number of nitrogens with zero attached hydrogens (tertiary/aromatic N) is 2. The Bertz CT molecular complexity index is 753. The van der Waals surface area contributed by atoms with E-state index in [0.29, 0.717) is 37.3 Å². The smallest absolute Gasteiger partial charge is 0.254 e. The van der Waals surface area contributed by atoms with E-state index in [2.05, 4.69) is 10.3 Å². The average Bonchev–Trinajstić information content (AvgIpc) is 2.63. The number of likely N-dealkylation sites (tertiary alicyclic amines) is 1. The third kappa shape index (κ3) is 4.14. The van der Waals surface area contributed by atoms with Crippen molar-refractivity contribution in [2.45, 2.75) is 18.9 Å². The van der Waals surface area contributed by atoms with E-state index in [4.69, 9.17) is 0 Å². The predicted molar refractivity (Wildman–Crippen MR) is 93.9 cm³/mol. The normalized spacial score (nSPS) is 20.4. The van der Waals surface area contributed by atoms with Gasteiger partial charge in [-0.25, -0.2) is 9.37 Å². The van der Waals surface area contributed by atoms with E-state index in [9.17, 15) is 14.3 Å². The molecule has 0 bridgehead atoms. The van der Waals surface area contributed by atoms with Crippen molar-refractivity contribution in [1.29, 1.82) is 0 Å². The van der Waals surface area contributed by atoms with Crippen LogP contribution in [-0.4, -0.2) is 47.1 Å². The number of aromatic nitrogens is 1. The van der Waals surface area contributed by atoms with E-state index in [1.165, 1.54) is 12.1 Å². The predicted octanol–water partition coefficient (Wildman–Crippen LogP) is 2.33. The van der Waals surface area contributed by atoms with Gasteiger partial charge in [-0.1, -0.05) is 12.1 Å². The first-order chi connectivity index (χ1) is 12.1. The molecule has 1 aliphatic rings. The van der Waals surface area contributed by atoms with Gasteiger partial charge < -0.3 is 15.3 Å². The number of benzene rings is 1. The highest BCUT2D eigenvalue weighted by Gasteiger charge is 2.31. The number of halogens is 1. The highest BCUT2D eigenvalue weighted by Crippen LogP contribution is 2.23. The number of carbonyl (C=O) groups excluding carboxylic acids is 1. The molecule has 0 aliphatic carbocycles. The molecule has 2 atom stereocenters. The quantitative estimate of drug-likeness (QED) is 0.894. The highest BCUT2D eigenvalue weighted by molar-refractivity contribution is 5.94. The Hall–Kier alpha value is -2.47. The van der Waals surface area contributed by atoms with Crippen LogP contribution in [-0.2, 0) is 6.42 Å². The summed E-state index contributed by atoms with van der Waals surface area (Å²) < 4.78 is 13.4. The molecule has 0 radical (unpaired) electrons. The van der Waals surface area contributed by atoms with Gasteiger partial charge in [0.05, 0.1) is 6.10 Å². The van der Waals surface area contributed by atoms with Crippen LogP contribution >= 0.6 is 0 Å². The van der Waals surface area contributed by atoms with E-state index in [1.807, 2.05) is 6.07 Å². The molecular weight excluding hydrogens is 321 g/mol. The Labute approximate surface area is 146 Å². The number of aliphatic hydroxyl groups is 1. The molecule has 1 fully saturated rings. The van der Waals surface area contributed by atoms with Crippen LogP contribution in [0.3, 0.4) is 0 Å². The fraction of sp³-hybridized carbons (Fsp3) is 0.368. The third-order valence-corrected chi connectivity index (χ3v) is 4.63. The molecule has 1 saturated heterocycles. The molecule has 0 saturated carbocycles. The lowest BCUT2D eigenvalue weighted by molar-refractivity contribution is 0.0241. The average molecular weight is 343 g/mol. The lowest BCUT2D eigenvalue weighted by Gasteiger charge is -2.36. The third-order valence-electron chi connectivity index (χ3n) is 4.63. The molecule has 2 heterocycles. The summed E-state index contributed by atoms with van der Waals surface area (Å²) in [6.07, 6.45) is 2.18. The molecule has 1 aliphatic heterocycles. The van der Waals surface area contributed by atoms with Crippen LogP contribution in [0, 0.1) is 11.7 Å². The molecule has 1 amide bonds. The first kappa shape index (κ1) is 17.4. The van der Waals surface area contributed by atoms with Crippen LogP contribution in [0.2, 0.25) is 0 Å². The summed E-state index contributed by atoms with van der Waals surface area (Å²) in [5, 5.41) is 13.2. The molecular formula is C19H22FN3O2. The number of hydrogen-bond donors (Lipinski definition) is 2. The maximum atomic E-state index is 13.4. The van der Waals surface area contributed by atoms with E-state index < -0.39 is 6.10 Å². The largest absolute Gasteiger partial charge is 0.393 e. The summed E-state index contributed by atoms with van der Waals surface area (Å²) >= 11 is 0. The standard InChI is InChI=1S/C19H22FN3O2/c1-21-18-11-14(5-7-22-18)19(25)23-8-6-17(24)15(12-23)9-13-3-2-4-16(20)10-13/h2-5,7,10-11,15,17,24H,6,8-9,12H2,1H3,(H,21,22)/t15-,17-/m1/s1. The van der Waals surface area contributed by atoms with E-state index in [1.54, 1.807) is 36.3 Å². The van der Waals surface area contributed by atoms with Crippen LogP contribution in [0.1, 0.15) is 22.3 Å². The number of hydrogen-bond acceptors (Lipinski definition) is 4. The highest BCUT2D eigenvalue weighted by atomic mass is 19.1. The molecule has 2 N–H and O–H groups in total. The Morgan fingerprint density at radius 1 is 1.40 bits per heavy atom. The molecule has 0 spiro atoms. The number of amides is 1. The number of nitrogens with one attached hydrogen (secondary N) is 1. The first-order valence-corrected chi connectivity index (χ1v) is 8.42. The number of piperidine rings is 1. The van der Waals surface area contributed by atoms with Crippen molar-refractivity contribution >= 4 is 11.7 Å². The molecule has 1 aromatic heterocycles. The summed E-state index contributed by atoms with van der Waals surface area (Å²) in [5.74, 6) is 0.173. The van der Waals surface area contributed by atoms with Crippen molar-refractivity contribution in [3.8, 4) is 0 Å². The summed E-state index contributed by atoms with van der Waals surface area (Å²) in [6.45, 7) is 0.963. The van der Waals surface area contributed by atoms with Crippen molar-refractivity contribution in [3.05, 3.63) is 59.5 Å². The molecule has 1 aromatic carbocycles. The van der Waals surface area contributed by atoms with Gasteiger partial charge in [0.25, 0.3) is 5.91 Å². The SMILES string of the molecule is CNc1cc(C(=O)N2CC[C@@H](O)[C@H](Cc3cccc(F)c3)C2)ccn1. The van der Waals surface area contributed by atoms with Crippen molar-refractivity contribution in [1.82, 2.24) is 9.88 Å². The Morgan fingerprint density at radius 2 is 2.24 bits per heavy atom. The van der Waals surface area contributed by atoms with E-state index >= 15 is 0 Å². The fourth-order valence-electron chi connectivity index (χ4n) is 3.25. The van der Waals surface area contributed by atoms with Crippen LogP contribution in [0.5, 0.6) is 0 Å². The lowest BCUT2D eigenvalue weighted by Crippen LogP contribution is -2.46. The summed E-state index contributed by atoms with van der Waals surface area (Å²) in [5.41, 5.74) is 1.40. The summed E-state index contributed by atoms with van der Waals surface area (Å²) in [6, 6.07) is 9.80. The zero-order chi connectivity index (χ0) is 17.8. The summed E-state index contributed by atoms with van der Waals surface area (Å²) in [4.78, 5) is 18.6. The van der Waals surface area contributed by atoms with Gasteiger partial charge in [-0.3, -0.25) is 4.79 Å². The van der Waals surface area contributed by atoms with Crippen molar-refractivity contribution in [3.63, 3.8) is 0 Å². The van der Waals surface area contributed by atoms with Crippen molar-refractivity contribution < 1.29 is 14.3 Å². The van der Waals surface area contributed by atoms with Crippen molar-refractivity contribution in [2.75, 3.05) is 25.5 Å². The van der Waals surface area contributed by atoms with Gasteiger partial charge in [0.15, 0.2) is 0 Å². The zero-order valence-corrected chi connectivity index (χ0v) is 14.2. The second kappa shape index (κ2) is 7.61. The number of rotatable bonds is 4. The molecule has 5 nitrogen and oxygen atoms in total. The van der Waals surface area contributed by atoms with Crippen LogP contribution in [0.25, 0.3) is 0 Å². The minimum atomic E-state index is -0.488. The monoisotopic (exact) mass is 343 g/mol. The topological polar surface area (TPSA) is 65.5 Å². The van der Waals surface area contributed by atoms with Gasteiger partial charge in [0, 0.05) is 37.8 Å².